The summed E-state index contributed by atoms with van der Waals surface area (Å²) in [6.07, 6.45) is 6.27. The van der Waals surface area contributed by atoms with Crippen LogP contribution in [0.5, 0.6) is 0 Å². The van der Waals surface area contributed by atoms with Crippen LogP contribution in [-0.4, -0.2) is 24.7 Å². The quantitative estimate of drug-likeness (QED) is 0.784. The smallest absolute Gasteiger partial charge is 0.163 e. The maximum Gasteiger partial charge on any atom is 0.163 e. The predicted octanol–water partition coefficient (Wildman–Crippen LogP) is 3.14. The molecule has 0 aliphatic rings. The standard InChI is InChI=1S/C17H20N6/c1-4-14(15-7-9-19-23(15)3)21-16-10-12(2)20-17(22-16)13-6-5-8-18-11-13/h5-11,14H,4H2,1-3H3,(H,20,21,22). The number of hydrogen-bond donors (Lipinski definition) is 1. The van der Waals surface area contributed by atoms with E-state index in [0.29, 0.717) is 5.82 Å². The van der Waals surface area contributed by atoms with Gasteiger partial charge in [0, 0.05) is 43.0 Å². The summed E-state index contributed by atoms with van der Waals surface area (Å²) in [5.74, 6) is 1.49. The molecule has 3 heterocycles. The van der Waals surface area contributed by atoms with Crippen LogP contribution >= 0.6 is 0 Å². The van der Waals surface area contributed by atoms with E-state index in [2.05, 4.69) is 32.3 Å². The minimum absolute atomic E-state index is 0.151. The van der Waals surface area contributed by atoms with Crippen molar-refractivity contribution in [2.75, 3.05) is 5.32 Å². The van der Waals surface area contributed by atoms with E-state index in [0.717, 1.165) is 29.2 Å². The third kappa shape index (κ3) is 3.36. The van der Waals surface area contributed by atoms with Gasteiger partial charge in [0.1, 0.15) is 5.82 Å². The number of aromatic nitrogens is 5. The molecule has 0 spiro atoms. The van der Waals surface area contributed by atoms with Crippen LogP contribution in [0, 0.1) is 6.92 Å². The van der Waals surface area contributed by atoms with Gasteiger partial charge < -0.3 is 5.32 Å². The third-order valence-electron chi connectivity index (χ3n) is 3.72. The molecule has 0 fully saturated rings. The molecule has 0 amide bonds. The number of nitrogens with one attached hydrogen (secondary N) is 1. The molecule has 0 aliphatic heterocycles. The molecular formula is C17H20N6. The van der Waals surface area contributed by atoms with Crippen molar-refractivity contribution in [3.63, 3.8) is 0 Å². The Balaban J connectivity index is 1.91. The van der Waals surface area contributed by atoms with Crippen molar-refractivity contribution in [1.29, 1.82) is 0 Å². The monoisotopic (exact) mass is 308 g/mol. The summed E-state index contributed by atoms with van der Waals surface area (Å²) in [5.41, 5.74) is 2.96. The number of rotatable bonds is 5. The molecule has 3 aromatic rings. The second kappa shape index (κ2) is 6.56. The lowest BCUT2D eigenvalue weighted by molar-refractivity contribution is 0.632. The molecule has 23 heavy (non-hydrogen) atoms. The molecule has 0 aliphatic carbocycles. The zero-order chi connectivity index (χ0) is 16.2. The van der Waals surface area contributed by atoms with Gasteiger partial charge in [-0.3, -0.25) is 9.67 Å². The summed E-state index contributed by atoms with van der Waals surface area (Å²) in [5, 5.41) is 7.74. The topological polar surface area (TPSA) is 68.5 Å². The van der Waals surface area contributed by atoms with E-state index in [1.807, 2.05) is 49.1 Å². The van der Waals surface area contributed by atoms with Crippen LogP contribution < -0.4 is 5.32 Å². The zero-order valence-electron chi connectivity index (χ0n) is 13.6. The van der Waals surface area contributed by atoms with Gasteiger partial charge in [-0.25, -0.2) is 9.97 Å². The van der Waals surface area contributed by atoms with Crippen molar-refractivity contribution >= 4 is 5.82 Å². The summed E-state index contributed by atoms with van der Waals surface area (Å²) in [6.45, 7) is 4.11. The molecule has 0 aromatic carbocycles. The normalized spacial score (nSPS) is 12.1. The Morgan fingerprint density at radius 2 is 2.09 bits per heavy atom. The summed E-state index contributed by atoms with van der Waals surface area (Å²) in [7, 11) is 1.95. The summed E-state index contributed by atoms with van der Waals surface area (Å²) in [6, 6.07) is 7.98. The molecule has 0 radical (unpaired) electrons. The second-order valence-corrected chi connectivity index (χ2v) is 5.44. The minimum Gasteiger partial charge on any atom is -0.362 e. The van der Waals surface area contributed by atoms with E-state index in [-0.39, 0.29) is 6.04 Å². The van der Waals surface area contributed by atoms with Crippen molar-refractivity contribution in [2.24, 2.45) is 7.05 Å². The molecule has 1 atom stereocenters. The van der Waals surface area contributed by atoms with E-state index in [1.54, 1.807) is 12.4 Å². The van der Waals surface area contributed by atoms with Crippen LogP contribution in [0.1, 0.15) is 30.8 Å². The predicted molar refractivity (Wildman–Crippen MR) is 89.9 cm³/mol. The SMILES string of the molecule is CCC(Nc1cc(C)nc(-c2cccnc2)n1)c1ccnn1C. The molecule has 1 N–H and O–H groups in total. The van der Waals surface area contributed by atoms with E-state index < -0.39 is 0 Å². The zero-order valence-corrected chi connectivity index (χ0v) is 13.6. The van der Waals surface area contributed by atoms with Crippen molar-refractivity contribution in [1.82, 2.24) is 24.7 Å². The molecule has 0 bridgehead atoms. The fourth-order valence-electron chi connectivity index (χ4n) is 2.56. The molecule has 3 rings (SSSR count). The third-order valence-corrected chi connectivity index (χ3v) is 3.72. The van der Waals surface area contributed by atoms with Crippen LogP contribution in [0.3, 0.4) is 0 Å². The van der Waals surface area contributed by atoms with E-state index in [4.69, 9.17) is 0 Å². The van der Waals surface area contributed by atoms with E-state index >= 15 is 0 Å². The lowest BCUT2D eigenvalue weighted by Gasteiger charge is -2.18. The van der Waals surface area contributed by atoms with E-state index in [1.165, 1.54) is 0 Å². The molecule has 3 aromatic heterocycles. The van der Waals surface area contributed by atoms with Crippen LogP contribution in [0.2, 0.25) is 0 Å². The van der Waals surface area contributed by atoms with Crippen LogP contribution in [0.4, 0.5) is 5.82 Å². The van der Waals surface area contributed by atoms with Gasteiger partial charge in [0.05, 0.1) is 11.7 Å². The van der Waals surface area contributed by atoms with Gasteiger partial charge in [0.25, 0.3) is 0 Å². The highest BCUT2D eigenvalue weighted by molar-refractivity contribution is 5.56. The lowest BCUT2D eigenvalue weighted by Crippen LogP contribution is -2.15. The van der Waals surface area contributed by atoms with Crippen LogP contribution in [0.15, 0.2) is 42.9 Å². The van der Waals surface area contributed by atoms with Gasteiger partial charge in [0.15, 0.2) is 5.82 Å². The Morgan fingerprint density at radius 1 is 1.22 bits per heavy atom. The largest absolute Gasteiger partial charge is 0.362 e. The molecule has 118 valence electrons. The van der Waals surface area contributed by atoms with Gasteiger partial charge in [-0.1, -0.05) is 6.92 Å². The van der Waals surface area contributed by atoms with Crippen molar-refractivity contribution in [3.8, 4) is 11.4 Å². The number of anilines is 1. The van der Waals surface area contributed by atoms with Crippen molar-refractivity contribution in [3.05, 3.63) is 54.2 Å². The summed E-state index contributed by atoms with van der Waals surface area (Å²) < 4.78 is 1.89. The molecular weight excluding hydrogens is 288 g/mol. The average molecular weight is 308 g/mol. The Bertz CT molecular complexity index is 781. The Morgan fingerprint density at radius 3 is 2.74 bits per heavy atom. The fraction of sp³-hybridized carbons (Fsp3) is 0.294. The maximum atomic E-state index is 4.64. The maximum absolute atomic E-state index is 4.64. The lowest BCUT2D eigenvalue weighted by atomic mass is 10.1. The highest BCUT2D eigenvalue weighted by Crippen LogP contribution is 2.23. The number of hydrogen-bond acceptors (Lipinski definition) is 5. The first-order valence-corrected chi connectivity index (χ1v) is 7.68. The molecule has 6 heteroatoms. The molecule has 0 saturated carbocycles. The Hall–Kier alpha value is -2.76. The van der Waals surface area contributed by atoms with Gasteiger partial charge in [-0.15, -0.1) is 0 Å². The first-order chi connectivity index (χ1) is 11.2. The number of aryl methyl sites for hydroxylation is 2. The first-order valence-electron chi connectivity index (χ1n) is 7.68. The molecule has 0 saturated heterocycles. The highest BCUT2D eigenvalue weighted by Gasteiger charge is 2.14. The molecule has 1 unspecified atom stereocenters. The Labute approximate surface area is 135 Å². The van der Waals surface area contributed by atoms with Gasteiger partial charge >= 0.3 is 0 Å². The van der Waals surface area contributed by atoms with Gasteiger partial charge in [-0.05, 0) is 31.5 Å². The Kier molecular flexibility index (Phi) is 4.32. The van der Waals surface area contributed by atoms with Crippen LogP contribution in [-0.2, 0) is 7.05 Å². The van der Waals surface area contributed by atoms with Crippen LogP contribution in [0.25, 0.3) is 11.4 Å². The molecule has 6 nitrogen and oxygen atoms in total. The summed E-state index contributed by atoms with van der Waals surface area (Å²) >= 11 is 0. The highest BCUT2D eigenvalue weighted by atomic mass is 15.3. The number of nitrogens with zero attached hydrogens (tertiary/aromatic N) is 5. The summed E-state index contributed by atoms with van der Waals surface area (Å²) in [4.78, 5) is 13.3. The van der Waals surface area contributed by atoms with Gasteiger partial charge in [0.2, 0.25) is 0 Å². The average Bonchev–Trinajstić information content (AvgIpc) is 2.99. The number of pyridine rings is 1. The second-order valence-electron chi connectivity index (χ2n) is 5.44. The van der Waals surface area contributed by atoms with Crippen molar-refractivity contribution < 1.29 is 0 Å². The van der Waals surface area contributed by atoms with Crippen molar-refractivity contribution in [2.45, 2.75) is 26.3 Å². The van der Waals surface area contributed by atoms with Gasteiger partial charge in [-0.2, -0.15) is 5.10 Å². The fourth-order valence-corrected chi connectivity index (χ4v) is 2.56. The minimum atomic E-state index is 0.151. The van der Waals surface area contributed by atoms with E-state index in [9.17, 15) is 0 Å². The first kappa shape index (κ1) is 15.1.